The molecule has 0 spiro atoms. The monoisotopic (exact) mass is 519 g/mol. The molecule has 0 heterocycles. The quantitative estimate of drug-likeness (QED) is 0.0961. The molecule has 0 aromatic carbocycles. The Labute approximate surface area is 212 Å². The van der Waals surface area contributed by atoms with Gasteiger partial charge in [-0.15, -0.1) is 0 Å². The molecule has 0 unspecified atom stereocenters. The topological polar surface area (TPSA) is 26.3 Å². The number of rotatable bonds is 24. The van der Waals surface area contributed by atoms with Gasteiger partial charge < -0.3 is 26.2 Å². The molecule has 0 aliphatic heterocycles. The number of nitrogens with zero attached hydrogens (tertiary/aromatic N) is 1. The minimum Gasteiger partial charge on any atom is -1.00 e. The Balaban J connectivity index is 0. The molecule has 0 N–H and O–H groups in total. The second-order valence-corrected chi connectivity index (χ2v) is 10.4. The normalized spacial score (nSPS) is 11.4. The summed E-state index contributed by atoms with van der Waals surface area (Å²) >= 11 is 0. The maximum Gasteiger partial charge on any atom is 0.305 e. The highest BCUT2D eigenvalue weighted by Gasteiger charge is 2.13. The summed E-state index contributed by atoms with van der Waals surface area (Å²) in [4.78, 5) is 11.1. The maximum absolute atomic E-state index is 11.1. The first-order valence-corrected chi connectivity index (χ1v) is 13.9. The van der Waals surface area contributed by atoms with Gasteiger partial charge in [-0.1, -0.05) is 103 Å². The minimum absolute atomic E-state index is 0. The van der Waals surface area contributed by atoms with Crippen molar-refractivity contribution < 1.29 is 31.0 Å². The summed E-state index contributed by atoms with van der Waals surface area (Å²) in [5.41, 5.74) is 0. The molecule has 0 aliphatic carbocycles. The predicted octanol–water partition coefficient (Wildman–Crippen LogP) is 5.45. The highest BCUT2D eigenvalue weighted by molar-refractivity contribution is 5.68. The summed E-state index contributed by atoms with van der Waals surface area (Å²) in [7, 11) is 6.31. The minimum atomic E-state index is -0.0655. The molecular formula is C28H58BrNO2. The van der Waals surface area contributed by atoms with E-state index < -0.39 is 0 Å². The third-order valence-electron chi connectivity index (χ3n) is 6.74. The Kier molecular flexibility index (Phi) is 27.2. The number of carbonyl (C=O) groups is 1. The van der Waals surface area contributed by atoms with Gasteiger partial charge >= 0.3 is 5.97 Å². The zero-order valence-corrected chi connectivity index (χ0v) is 24.0. The van der Waals surface area contributed by atoms with Crippen molar-refractivity contribution in [3.8, 4) is 0 Å². The molecule has 0 aromatic rings. The Morgan fingerprint density at radius 3 is 1.22 bits per heavy atom. The van der Waals surface area contributed by atoms with Crippen LogP contribution in [0.2, 0.25) is 0 Å². The summed E-state index contributed by atoms with van der Waals surface area (Å²) in [6.07, 6.45) is 28.0. The number of methoxy groups -OCH3 is 1. The Morgan fingerprint density at radius 2 is 0.875 bits per heavy atom. The van der Waals surface area contributed by atoms with Gasteiger partial charge in [-0.3, -0.25) is 4.79 Å². The number of ether oxygens (including phenoxy) is 1. The Hall–Kier alpha value is -0.0900. The third-order valence-corrected chi connectivity index (χ3v) is 6.74. The van der Waals surface area contributed by atoms with Gasteiger partial charge in [0.2, 0.25) is 0 Å². The largest absolute Gasteiger partial charge is 1.00 e. The maximum atomic E-state index is 11.1. The molecule has 0 saturated heterocycles. The van der Waals surface area contributed by atoms with E-state index >= 15 is 0 Å². The molecule has 0 bridgehead atoms. The van der Waals surface area contributed by atoms with Crippen LogP contribution in [0.3, 0.4) is 0 Å². The summed E-state index contributed by atoms with van der Waals surface area (Å²) in [5.74, 6) is -0.0655. The Morgan fingerprint density at radius 1 is 0.562 bits per heavy atom. The van der Waals surface area contributed by atoms with Crippen LogP contribution in [0, 0.1) is 0 Å². The van der Waals surface area contributed by atoms with E-state index in [2.05, 4.69) is 25.8 Å². The molecule has 0 radical (unpaired) electrons. The van der Waals surface area contributed by atoms with E-state index in [1.54, 1.807) is 0 Å². The van der Waals surface area contributed by atoms with E-state index in [0.717, 1.165) is 12.8 Å². The first kappa shape index (κ1) is 34.1. The van der Waals surface area contributed by atoms with Crippen LogP contribution >= 0.6 is 0 Å². The average molecular weight is 521 g/mol. The lowest BCUT2D eigenvalue weighted by Crippen LogP contribution is -3.00. The number of quaternary nitrogens is 1. The fraction of sp³-hybridized carbons (Fsp3) is 0.964. The molecule has 0 saturated carbocycles. The van der Waals surface area contributed by atoms with Crippen LogP contribution in [0.4, 0.5) is 0 Å². The van der Waals surface area contributed by atoms with E-state index in [1.807, 2.05) is 0 Å². The van der Waals surface area contributed by atoms with Crippen LogP contribution < -0.4 is 17.0 Å². The van der Waals surface area contributed by atoms with Gasteiger partial charge in [0.05, 0.1) is 34.3 Å². The molecule has 32 heavy (non-hydrogen) atoms. The lowest BCUT2D eigenvalue weighted by Gasteiger charge is -2.30. The zero-order chi connectivity index (χ0) is 23.0. The smallest absolute Gasteiger partial charge is 0.305 e. The Bertz CT molecular complexity index is 388. The lowest BCUT2D eigenvalue weighted by atomic mass is 10.0. The molecule has 0 amide bonds. The van der Waals surface area contributed by atoms with Gasteiger partial charge in [0.25, 0.3) is 0 Å². The molecule has 4 heteroatoms. The van der Waals surface area contributed by atoms with Gasteiger partial charge in [0.15, 0.2) is 0 Å². The number of halogens is 1. The van der Waals surface area contributed by atoms with Crippen LogP contribution in [0.1, 0.15) is 142 Å². The van der Waals surface area contributed by atoms with Crippen LogP contribution in [0.25, 0.3) is 0 Å². The fourth-order valence-electron chi connectivity index (χ4n) is 4.46. The van der Waals surface area contributed by atoms with Gasteiger partial charge in [-0.25, -0.2) is 0 Å². The number of unbranched alkanes of at least 4 members (excludes halogenated alkanes) is 18. The molecule has 0 fully saturated rings. The van der Waals surface area contributed by atoms with Crippen molar-refractivity contribution >= 4 is 5.97 Å². The van der Waals surface area contributed by atoms with Crippen molar-refractivity contribution in [2.75, 3.05) is 34.3 Å². The van der Waals surface area contributed by atoms with E-state index in [9.17, 15) is 4.79 Å². The molecule has 3 nitrogen and oxygen atoms in total. The van der Waals surface area contributed by atoms with Gasteiger partial charge in [-0.05, 0) is 32.1 Å². The zero-order valence-electron chi connectivity index (χ0n) is 22.4. The van der Waals surface area contributed by atoms with E-state index in [1.165, 1.54) is 140 Å². The SMILES string of the molecule is CCCCCCCCCCCCCC[N+](C)(C)CCCCCCCCCCC(=O)OC.[Br-]. The molecule has 0 aliphatic rings. The highest BCUT2D eigenvalue weighted by Crippen LogP contribution is 2.14. The van der Waals surface area contributed by atoms with Gasteiger partial charge in [-0.2, -0.15) is 0 Å². The van der Waals surface area contributed by atoms with Crippen molar-refractivity contribution in [1.29, 1.82) is 0 Å². The molecule has 0 aromatic heterocycles. The summed E-state index contributed by atoms with van der Waals surface area (Å²) < 4.78 is 5.88. The predicted molar refractivity (Wildman–Crippen MR) is 136 cm³/mol. The number of hydrogen-bond donors (Lipinski definition) is 0. The fourth-order valence-corrected chi connectivity index (χ4v) is 4.46. The van der Waals surface area contributed by atoms with Crippen molar-refractivity contribution in [2.24, 2.45) is 0 Å². The third kappa shape index (κ3) is 26.2. The van der Waals surface area contributed by atoms with Crippen molar-refractivity contribution in [1.82, 2.24) is 0 Å². The highest BCUT2D eigenvalue weighted by atomic mass is 79.9. The number of esters is 1. The van der Waals surface area contributed by atoms with Gasteiger partial charge in [0.1, 0.15) is 0 Å². The summed E-state index contributed by atoms with van der Waals surface area (Å²) in [5, 5.41) is 0. The second kappa shape index (κ2) is 25.5. The van der Waals surface area contributed by atoms with Crippen LogP contribution in [0.5, 0.6) is 0 Å². The lowest BCUT2D eigenvalue weighted by molar-refractivity contribution is -0.890. The number of carbonyl (C=O) groups excluding carboxylic acids is 1. The summed E-state index contributed by atoms with van der Waals surface area (Å²) in [6.45, 7) is 4.97. The average Bonchev–Trinajstić information content (AvgIpc) is 2.75. The van der Waals surface area contributed by atoms with E-state index in [-0.39, 0.29) is 23.0 Å². The second-order valence-electron chi connectivity index (χ2n) is 10.4. The van der Waals surface area contributed by atoms with Crippen molar-refractivity contribution in [3.63, 3.8) is 0 Å². The van der Waals surface area contributed by atoms with Gasteiger partial charge in [0, 0.05) is 6.42 Å². The standard InChI is InChI=1S/C28H58NO2.BrH/c1-5-6-7-8-9-10-11-12-14-17-20-23-26-29(2,3)27-24-21-18-15-13-16-19-22-25-28(30)31-4;/h5-27H2,1-4H3;1H/q+1;/p-1. The first-order valence-electron chi connectivity index (χ1n) is 13.9. The van der Waals surface area contributed by atoms with Crippen LogP contribution in [-0.4, -0.2) is 44.7 Å². The van der Waals surface area contributed by atoms with Crippen LogP contribution in [-0.2, 0) is 9.53 Å². The first-order chi connectivity index (χ1) is 15.0. The molecule has 0 atom stereocenters. The summed E-state index contributed by atoms with van der Waals surface area (Å²) in [6, 6.07) is 0. The van der Waals surface area contributed by atoms with E-state index in [0.29, 0.717) is 6.42 Å². The molecular weight excluding hydrogens is 462 g/mol. The number of hydrogen-bond acceptors (Lipinski definition) is 2. The van der Waals surface area contributed by atoms with Crippen LogP contribution in [0.15, 0.2) is 0 Å². The molecule has 194 valence electrons. The van der Waals surface area contributed by atoms with Crippen molar-refractivity contribution in [3.05, 3.63) is 0 Å². The molecule has 0 rings (SSSR count). The van der Waals surface area contributed by atoms with E-state index in [4.69, 9.17) is 0 Å². The van der Waals surface area contributed by atoms with Crippen molar-refractivity contribution in [2.45, 2.75) is 142 Å².